The lowest BCUT2D eigenvalue weighted by Crippen LogP contribution is -1.98. The summed E-state index contributed by atoms with van der Waals surface area (Å²) in [6.07, 6.45) is 9.33. The lowest BCUT2D eigenvalue weighted by atomic mass is 10.0. The van der Waals surface area contributed by atoms with Crippen molar-refractivity contribution in [1.82, 2.24) is 4.57 Å². The van der Waals surface area contributed by atoms with Crippen molar-refractivity contribution >= 4 is 22.6 Å². The van der Waals surface area contributed by atoms with Crippen molar-refractivity contribution in [3.05, 3.63) is 90.3 Å². The van der Waals surface area contributed by atoms with Crippen molar-refractivity contribution < 1.29 is 14.3 Å². The zero-order chi connectivity index (χ0) is 22.1. The van der Waals surface area contributed by atoms with Crippen molar-refractivity contribution in [3.8, 4) is 5.88 Å². The van der Waals surface area contributed by atoms with Crippen LogP contribution in [0.2, 0.25) is 0 Å². The number of furan rings is 1. The molecule has 0 aliphatic carbocycles. The highest BCUT2D eigenvalue weighted by molar-refractivity contribution is 6.09. The Morgan fingerprint density at radius 3 is 2.35 bits per heavy atom. The highest BCUT2D eigenvalue weighted by atomic mass is 16.4. The number of fused-ring (bicyclic) bond motifs is 1. The molecule has 2 N–H and O–H groups in total. The van der Waals surface area contributed by atoms with Gasteiger partial charge in [-0.15, -0.1) is 0 Å². The van der Waals surface area contributed by atoms with E-state index >= 15 is 0 Å². The van der Waals surface area contributed by atoms with Crippen LogP contribution in [0, 0.1) is 5.41 Å². The fourth-order valence-electron chi connectivity index (χ4n) is 3.45. The summed E-state index contributed by atoms with van der Waals surface area (Å²) in [5.74, 6) is -0.0863. The molecule has 4 rings (SSSR count). The molecule has 5 heteroatoms. The number of carboxylic acid groups (broad SMARTS) is 1. The number of hydrogen-bond donors (Lipinski definition) is 2. The second kappa shape index (κ2) is 11.0. The third-order valence-corrected chi connectivity index (χ3v) is 5.08. The summed E-state index contributed by atoms with van der Waals surface area (Å²) in [5.41, 5.74) is 3.16. The summed E-state index contributed by atoms with van der Waals surface area (Å²) in [5, 5.41) is 18.0. The van der Waals surface area contributed by atoms with Crippen LogP contribution in [0.5, 0.6) is 0 Å². The molecular weight excluding hydrogens is 388 g/mol. The minimum absolute atomic E-state index is 0.331. The molecule has 0 atom stereocenters. The van der Waals surface area contributed by atoms with Gasteiger partial charge in [-0.1, -0.05) is 62.6 Å². The van der Waals surface area contributed by atoms with Gasteiger partial charge in [-0.2, -0.15) is 0 Å². The number of benzene rings is 2. The summed E-state index contributed by atoms with van der Waals surface area (Å²) < 4.78 is 7.56. The molecule has 2 aromatic carbocycles. The van der Waals surface area contributed by atoms with Crippen LogP contribution in [-0.2, 0) is 0 Å². The first-order chi connectivity index (χ1) is 15.1. The second-order valence-corrected chi connectivity index (χ2v) is 7.34. The Kier molecular flexibility index (Phi) is 7.82. The molecule has 0 spiro atoms. The fraction of sp³-hybridized carbons (Fsp3) is 0.231. The van der Waals surface area contributed by atoms with E-state index in [1.807, 2.05) is 35.0 Å². The zero-order valence-corrected chi connectivity index (χ0v) is 17.8. The fourth-order valence-corrected chi connectivity index (χ4v) is 3.45. The molecule has 0 aliphatic heterocycles. The van der Waals surface area contributed by atoms with E-state index in [1.54, 1.807) is 36.6 Å². The largest absolute Gasteiger partial charge is 0.478 e. The highest BCUT2D eigenvalue weighted by Crippen LogP contribution is 2.26. The molecule has 0 saturated heterocycles. The van der Waals surface area contributed by atoms with Gasteiger partial charge in [0.05, 0.1) is 17.3 Å². The van der Waals surface area contributed by atoms with Crippen LogP contribution in [0.25, 0.3) is 16.8 Å². The summed E-state index contributed by atoms with van der Waals surface area (Å²) in [6.45, 7) is 2.21. The van der Waals surface area contributed by atoms with Gasteiger partial charge in [0.2, 0.25) is 5.88 Å². The highest BCUT2D eigenvalue weighted by Gasteiger charge is 2.14. The maximum absolute atomic E-state index is 10.2. The van der Waals surface area contributed by atoms with Crippen molar-refractivity contribution in [2.45, 2.75) is 39.0 Å². The molecule has 0 fully saturated rings. The molecule has 0 aliphatic rings. The van der Waals surface area contributed by atoms with Crippen LogP contribution in [-0.4, -0.2) is 21.4 Å². The number of nitrogens with one attached hydrogen (secondary N) is 1. The third-order valence-electron chi connectivity index (χ3n) is 5.08. The van der Waals surface area contributed by atoms with Gasteiger partial charge in [-0.3, -0.25) is 4.57 Å². The lowest BCUT2D eigenvalue weighted by Gasteiger charge is -2.02. The van der Waals surface area contributed by atoms with E-state index in [2.05, 4.69) is 19.1 Å². The smallest absolute Gasteiger partial charge is 0.335 e. The van der Waals surface area contributed by atoms with Gasteiger partial charge in [0.15, 0.2) is 0 Å². The molecule has 31 heavy (non-hydrogen) atoms. The van der Waals surface area contributed by atoms with E-state index < -0.39 is 5.97 Å². The SMILES string of the molecule is CCCCCCC(=N)c1cn(-c2ccco2)c2ccccc12.O=C(O)c1ccccc1. The van der Waals surface area contributed by atoms with Crippen LogP contribution < -0.4 is 0 Å². The van der Waals surface area contributed by atoms with Gasteiger partial charge in [0.25, 0.3) is 0 Å². The molecule has 160 valence electrons. The number of carbonyl (C=O) groups is 1. The Hall–Kier alpha value is -3.60. The summed E-state index contributed by atoms with van der Waals surface area (Å²) in [7, 11) is 0. The quantitative estimate of drug-likeness (QED) is 0.241. The molecule has 5 nitrogen and oxygen atoms in total. The second-order valence-electron chi connectivity index (χ2n) is 7.34. The first kappa shape index (κ1) is 22.1. The van der Waals surface area contributed by atoms with E-state index in [0.29, 0.717) is 5.56 Å². The number of aromatic nitrogens is 1. The van der Waals surface area contributed by atoms with Gasteiger partial charge in [-0.05, 0) is 37.1 Å². The number of nitrogens with zero attached hydrogens (tertiary/aromatic N) is 1. The molecule has 0 unspecified atom stereocenters. The van der Waals surface area contributed by atoms with E-state index in [0.717, 1.165) is 40.9 Å². The average molecular weight is 417 g/mol. The molecule has 0 amide bonds. The monoisotopic (exact) mass is 416 g/mol. The number of hydrogen-bond acceptors (Lipinski definition) is 3. The van der Waals surface area contributed by atoms with Crippen molar-refractivity contribution in [3.63, 3.8) is 0 Å². The maximum atomic E-state index is 10.2. The third kappa shape index (κ3) is 5.72. The van der Waals surface area contributed by atoms with E-state index in [4.69, 9.17) is 14.9 Å². The first-order valence-electron chi connectivity index (χ1n) is 10.6. The molecule has 0 bridgehead atoms. The average Bonchev–Trinajstić information content (AvgIpc) is 3.46. The minimum atomic E-state index is -0.879. The molecule has 4 aromatic rings. The van der Waals surface area contributed by atoms with Gasteiger partial charge < -0.3 is 14.9 Å². The standard InChI is InChI=1S/C19H22N2O.C7H6O2/c1-2-3-4-5-10-17(20)16-14-21(19-12-8-13-22-19)18-11-7-6-9-15(16)18;8-7(9)6-4-2-1-3-5-6/h6-9,11-14,20H,2-5,10H2,1H3;1-5H,(H,8,9). The Morgan fingerprint density at radius 2 is 1.71 bits per heavy atom. The van der Waals surface area contributed by atoms with Gasteiger partial charge in [0, 0.05) is 28.9 Å². The van der Waals surface area contributed by atoms with E-state index in [1.165, 1.54) is 19.3 Å². The van der Waals surface area contributed by atoms with Crippen molar-refractivity contribution in [1.29, 1.82) is 5.41 Å². The summed E-state index contributed by atoms with van der Waals surface area (Å²) in [6, 6.07) is 20.3. The van der Waals surface area contributed by atoms with E-state index in [9.17, 15) is 4.79 Å². The maximum Gasteiger partial charge on any atom is 0.335 e. The molecule has 0 radical (unpaired) electrons. The number of carboxylic acids is 1. The molecule has 2 heterocycles. The Balaban J connectivity index is 0.000000254. The number of rotatable bonds is 8. The molecule has 0 saturated carbocycles. The predicted octanol–water partition coefficient (Wildman–Crippen LogP) is 6.95. The first-order valence-corrected chi connectivity index (χ1v) is 10.6. The Morgan fingerprint density at radius 1 is 0.968 bits per heavy atom. The number of aromatic carboxylic acids is 1. The predicted molar refractivity (Wildman–Crippen MR) is 125 cm³/mol. The van der Waals surface area contributed by atoms with E-state index in [-0.39, 0.29) is 0 Å². The van der Waals surface area contributed by atoms with Crippen LogP contribution in [0.1, 0.15) is 54.9 Å². The Bertz CT molecular complexity index is 1110. The lowest BCUT2D eigenvalue weighted by molar-refractivity contribution is 0.0697. The Labute approximate surface area is 182 Å². The summed E-state index contributed by atoms with van der Waals surface area (Å²) in [4.78, 5) is 10.2. The summed E-state index contributed by atoms with van der Waals surface area (Å²) >= 11 is 0. The van der Waals surface area contributed by atoms with Crippen LogP contribution >= 0.6 is 0 Å². The van der Waals surface area contributed by atoms with Crippen molar-refractivity contribution in [2.75, 3.05) is 0 Å². The van der Waals surface area contributed by atoms with Crippen LogP contribution in [0.15, 0.2) is 83.6 Å². The zero-order valence-electron chi connectivity index (χ0n) is 17.8. The van der Waals surface area contributed by atoms with Gasteiger partial charge in [-0.25, -0.2) is 4.79 Å². The van der Waals surface area contributed by atoms with Gasteiger partial charge in [0.1, 0.15) is 0 Å². The minimum Gasteiger partial charge on any atom is -0.478 e. The van der Waals surface area contributed by atoms with Crippen LogP contribution in [0.3, 0.4) is 0 Å². The number of unbranched alkanes of at least 4 members (excludes halogenated alkanes) is 3. The molecular formula is C26H28N2O3. The molecule has 2 aromatic heterocycles. The van der Waals surface area contributed by atoms with Crippen LogP contribution in [0.4, 0.5) is 0 Å². The topological polar surface area (TPSA) is 79.2 Å². The number of para-hydroxylation sites is 1. The normalized spacial score (nSPS) is 10.5. The van der Waals surface area contributed by atoms with Crippen molar-refractivity contribution in [2.24, 2.45) is 0 Å². The van der Waals surface area contributed by atoms with Gasteiger partial charge >= 0.3 is 5.97 Å².